The first-order valence-electron chi connectivity index (χ1n) is 14.8. The molecule has 0 aromatic rings. The van der Waals surface area contributed by atoms with Crippen LogP contribution in [0.3, 0.4) is 0 Å². The summed E-state index contributed by atoms with van der Waals surface area (Å²) in [5, 5.41) is 0. The van der Waals surface area contributed by atoms with E-state index in [1.807, 2.05) is 6.92 Å². The minimum atomic E-state index is -3.45. The quantitative estimate of drug-likeness (QED) is 0.0786. The fourth-order valence-corrected chi connectivity index (χ4v) is 6.19. The zero-order chi connectivity index (χ0) is 26.5. The molecule has 1 aliphatic heterocycles. The normalized spacial score (nSPS) is 18.1. The van der Waals surface area contributed by atoms with E-state index in [2.05, 4.69) is 11.6 Å². The maximum atomic E-state index is 13.1. The van der Waals surface area contributed by atoms with Crippen LogP contribution < -0.4 is 4.72 Å². The number of hydrogen-bond donors (Lipinski definition) is 1. The van der Waals surface area contributed by atoms with E-state index in [9.17, 15) is 13.2 Å². The van der Waals surface area contributed by atoms with Crippen molar-refractivity contribution in [2.75, 3.05) is 31.5 Å². The first-order valence-corrected chi connectivity index (χ1v) is 17.0. The van der Waals surface area contributed by atoms with Crippen molar-refractivity contribution in [2.24, 2.45) is 0 Å². The molecule has 0 aromatic heterocycles. The highest BCUT2D eigenvalue weighted by Crippen LogP contribution is 2.27. The van der Waals surface area contributed by atoms with Crippen LogP contribution in [0.25, 0.3) is 0 Å². The Morgan fingerprint density at radius 1 is 0.861 bits per heavy atom. The van der Waals surface area contributed by atoms with Gasteiger partial charge in [-0.3, -0.25) is 4.79 Å². The standard InChI is InChI=1S/C28H55ClN2O4S/c1-3-4-5-6-7-8-9-10-11-12-13-14-15-16-17-18-23-31(26-30-36(33,34)25-20-22-29)27(32)28(2)21-19-24-35-28/h30H,3-26H2,1-2H3. The zero-order valence-electron chi connectivity index (χ0n) is 23.3. The Bertz CT molecular complexity index is 654. The molecule has 1 heterocycles. The van der Waals surface area contributed by atoms with E-state index in [0.29, 0.717) is 31.9 Å². The molecule has 1 saturated heterocycles. The molecule has 0 bridgehead atoms. The lowest BCUT2D eigenvalue weighted by Gasteiger charge is -2.31. The fraction of sp³-hybridized carbons (Fsp3) is 0.964. The van der Waals surface area contributed by atoms with Gasteiger partial charge in [0, 0.05) is 19.0 Å². The molecule has 1 unspecified atom stereocenters. The summed E-state index contributed by atoms with van der Waals surface area (Å²) in [6.45, 7) is 5.22. The van der Waals surface area contributed by atoms with Gasteiger partial charge in [0.25, 0.3) is 5.91 Å². The number of nitrogens with one attached hydrogen (secondary N) is 1. The summed E-state index contributed by atoms with van der Waals surface area (Å²) in [6.07, 6.45) is 22.7. The van der Waals surface area contributed by atoms with Gasteiger partial charge >= 0.3 is 0 Å². The molecule has 1 atom stereocenters. The zero-order valence-corrected chi connectivity index (χ0v) is 24.9. The first kappa shape index (κ1) is 33.7. The SMILES string of the molecule is CCCCCCCCCCCCCCCCCCN(CNS(=O)(=O)CCCCl)C(=O)C1(C)CCCO1. The summed E-state index contributed by atoms with van der Waals surface area (Å²) in [5.74, 6) is 0.168. The van der Waals surface area contributed by atoms with Crippen LogP contribution in [0.2, 0.25) is 0 Å². The van der Waals surface area contributed by atoms with Crippen molar-refractivity contribution < 1.29 is 17.9 Å². The van der Waals surface area contributed by atoms with Crippen molar-refractivity contribution in [1.29, 1.82) is 0 Å². The highest BCUT2D eigenvalue weighted by Gasteiger charge is 2.40. The number of ether oxygens (including phenoxy) is 1. The number of alkyl halides is 1. The topological polar surface area (TPSA) is 75.7 Å². The average molecular weight is 551 g/mol. The summed E-state index contributed by atoms with van der Waals surface area (Å²) < 4.78 is 32.7. The van der Waals surface area contributed by atoms with Gasteiger partial charge in [-0.2, -0.15) is 4.72 Å². The monoisotopic (exact) mass is 550 g/mol. The van der Waals surface area contributed by atoms with Gasteiger partial charge in [0.2, 0.25) is 10.0 Å². The third-order valence-corrected chi connectivity index (χ3v) is 8.92. The maximum Gasteiger partial charge on any atom is 0.255 e. The van der Waals surface area contributed by atoms with Crippen LogP contribution in [0.1, 0.15) is 136 Å². The second-order valence-corrected chi connectivity index (χ2v) is 13.0. The molecule has 0 aromatic carbocycles. The Kier molecular flexibility index (Phi) is 19.2. The van der Waals surface area contributed by atoms with Gasteiger partial charge < -0.3 is 9.64 Å². The summed E-state index contributed by atoms with van der Waals surface area (Å²) in [7, 11) is -3.45. The molecule has 1 aliphatic rings. The molecule has 36 heavy (non-hydrogen) atoms. The van der Waals surface area contributed by atoms with Crippen molar-refractivity contribution in [1.82, 2.24) is 9.62 Å². The van der Waals surface area contributed by atoms with Crippen LogP contribution in [0, 0.1) is 0 Å². The molecule has 0 radical (unpaired) electrons. The van der Waals surface area contributed by atoms with Crippen molar-refractivity contribution in [2.45, 2.75) is 141 Å². The number of sulfonamides is 1. The minimum Gasteiger partial charge on any atom is -0.365 e. The summed E-state index contributed by atoms with van der Waals surface area (Å²) >= 11 is 5.63. The molecule has 1 N–H and O–H groups in total. The number of unbranched alkanes of at least 4 members (excludes halogenated alkanes) is 15. The van der Waals surface area contributed by atoms with Crippen LogP contribution in [0.5, 0.6) is 0 Å². The Morgan fingerprint density at radius 3 is 1.81 bits per heavy atom. The molecular formula is C28H55ClN2O4S. The average Bonchev–Trinajstić information content (AvgIpc) is 3.31. The molecule has 0 aliphatic carbocycles. The lowest BCUT2D eigenvalue weighted by atomic mass is 10.0. The van der Waals surface area contributed by atoms with Gasteiger partial charge in [0.05, 0.1) is 12.4 Å². The Balaban J connectivity index is 2.18. The largest absolute Gasteiger partial charge is 0.365 e. The smallest absolute Gasteiger partial charge is 0.255 e. The second kappa shape index (κ2) is 20.6. The lowest BCUT2D eigenvalue weighted by molar-refractivity contribution is -0.151. The predicted molar refractivity (Wildman–Crippen MR) is 152 cm³/mol. The van der Waals surface area contributed by atoms with Crippen LogP contribution in [0.4, 0.5) is 0 Å². The maximum absolute atomic E-state index is 13.1. The first-order chi connectivity index (χ1) is 17.3. The van der Waals surface area contributed by atoms with Crippen molar-refractivity contribution in [3.05, 3.63) is 0 Å². The highest BCUT2D eigenvalue weighted by molar-refractivity contribution is 7.89. The molecule has 214 valence electrons. The van der Waals surface area contributed by atoms with E-state index in [1.54, 1.807) is 4.90 Å². The van der Waals surface area contributed by atoms with Gasteiger partial charge in [-0.1, -0.05) is 103 Å². The number of hydrogen-bond acceptors (Lipinski definition) is 4. The Labute approximate surface area is 227 Å². The number of halogens is 1. The van der Waals surface area contributed by atoms with Gasteiger partial charge in [0.15, 0.2) is 0 Å². The molecule has 8 heteroatoms. The predicted octanol–water partition coefficient (Wildman–Crippen LogP) is 7.15. The van der Waals surface area contributed by atoms with Crippen LogP contribution in [-0.4, -0.2) is 56.3 Å². The molecule has 0 saturated carbocycles. The van der Waals surface area contributed by atoms with E-state index in [0.717, 1.165) is 25.7 Å². The second-order valence-electron chi connectivity index (χ2n) is 10.7. The molecule has 1 fully saturated rings. The van der Waals surface area contributed by atoms with Crippen molar-refractivity contribution in [3.63, 3.8) is 0 Å². The number of rotatable bonds is 24. The van der Waals surface area contributed by atoms with E-state index >= 15 is 0 Å². The van der Waals surface area contributed by atoms with Crippen molar-refractivity contribution in [3.8, 4) is 0 Å². The van der Waals surface area contributed by atoms with Gasteiger partial charge in [-0.05, 0) is 32.6 Å². The Hall–Kier alpha value is -0.370. The molecule has 1 amide bonds. The number of carbonyl (C=O) groups excluding carboxylic acids is 1. The van der Waals surface area contributed by atoms with E-state index in [1.165, 1.54) is 83.5 Å². The van der Waals surface area contributed by atoms with Gasteiger partial charge in [0.1, 0.15) is 5.60 Å². The Morgan fingerprint density at radius 2 is 1.36 bits per heavy atom. The third kappa shape index (κ3) is 15.8. The number of carbonyl (C=O) groups is 1. The van der Waals surface area contributed by atoms with E-state index in [4.69, 9.17) is 16.3 Å². The summed E-state index contributed by atoms with van der Waals surface area (Å²) in [5.41, 5.74) is -0.837. The van der Waals surface area contributed by atoms with Crippen LogP contribution in [0.15, 0.2) is 0 Å². The fourth-order valence-electron chi connectivity index (χ4n) is 4.88. The van der Waals surface area contributed by atoms with E-state index < -0.39 is 15.6 Å². The van der Waals surface area contributed by atoms with Crippen LogP contribution in [-0.2, 0) is 19.6 Å². The van der Waals surface area contributed by atoms with E-state index in [-0.39, 0.29) is 18.3 Å². The molecule has 6 nitrogen and oxygen atoms in total. The minimum absolute atomic E-state index is 0.00113. The molecule has 0 spiro atoms. The molecule has 1 rings (SSSR count). The van der Waals surface area contributed by atoms with Crippen LogP contribution >= 0.6 is 11.6 Å². The summed E-state index contributed by atoms with van der Waals surface area (Å²) in [6, 6.07) is 0. The summed E-state index contributed by atoms with van der Waals surface area (Å²) in [4.78, 5) is 14.8. The number of nitrogens with zero attached hydrogens (tertiary/aromatic N) is 1. The molecular weight excluding hydrogens is 496 g/mol. The van der Waals surface area contributed by atoms with Crippen molar-refractivity contribution >= 4 is 27.5 Å². The number of amides is 1. The van der Waals surface area contributed by atoms with Gasteiger partial charge in [-0.25, -0.2) is 8.42 Å². The van der Waals surface area contributed by atoms with Gasteiger partial charge in [-0.15, -0.1) is 11.6 Å². The highest BCUT2D eigenvalue weighted by atomic mass is 35.5. The third-order valence-electron chi connectivity index (χ3n) is 7.26. The lowest BCUT2D eigenvalue weighted by Crippen LogP contribution is -2.51.